The quantitative estimate of drug-likeness (QED) is 0.164. The van der Waals surface area contributed by atoms with E-state index >= 15 is 0 Å². The minimum atomic E-state index is -7.44. The van der Waals surface area contributed by atoms with Crippen molar-refractivity contribution in [1.82, 2.24) is 5.06 Å². The molecule has 0 aromatic rings. The van der Waals surface area contributed by atoms with E-state index in [1.165, 1.54) is 27.7 Å². The Bertz CT molecular complexity index is 885. The molecule has 1 aliphatic heterocycles. The third-order valence-corrected chi connectivity index (χ3v) is 8.24. The first-order valence-corrected chi connectivity index (χ1v) is 13.4. The molecule has 1 radical (unpaired) electrons. The van der Waals surface area contributed by atoms with Gasteiger partial charge in [-0.1, -0.05) is 15.9 Å². The van der Waals surface area contributed by atoms with Gasteiger partial charge in [-0.25, -0.2) is 0 Å². The lowest BCUT2D eigenvalue weighted by molar-refractivity contribution is -0.467. The number of alkyl halides is 19. The number of hydrogen-bond acceptors (Lipinski definition) is 4. The van der Waals surface area contributed by atoms with Crippen molar-refractivity contribution in [2.75, 3.05) is 25.2 Å². The maximum Gasteiger partial charge on any atom is 0.435 e. The Hall–Kier alpha value is -0.980. The van der Waals surface area contributed by atoms with Crippen LogP contribution >= 0.6 is 15.9 Å². The van der Waals surface area contributed by atoms with Gasteiger partial charge in [0.15, 0.2) is 0 Å². The van der Waals surface area contributed by atoms with Crippen LogP contribution in [-0.4, -0.2) is 95.7 Å². The SMILES string of the molecule is CC1(C)CC(OCC(CBr)(COC(C(F)(F)F)(C(F)(F)F)C(F)(F)F)COC(C(F)(F)F)(C(F)(F)F)C(F)(F)F)CC(C)(C)N1[O]. The van der Waals surface area contributed by atoms with Gasteiger partial charge in [0.05, 0.1) is 31.3 Å². The molecule has 5 nitrogen and oxygen atoms in total. The molecule has 1 rings (SSSR count). The molecule has 0 aromatic heterocycles. The largest absolute Gasteiger partial charge is 0.435 e. The first kappa shape index (κ1) is 43.0. The highest BCUT2D eigenvalue weighted by Crippen LogP contribution is 2.57. The zero-order chi connectivity index (χ0) is 37.0. The molecule has 275 valence electrons. The first-order valence-electron chi connectivity index (χ1n) is 12.2. The van der Waals surface area contributed by atoms with Gasteiger partial charge >= 0.3 is 48.3 Å². The molecule has 24 heteroatoms. The summed E-state index contributed by atoms with van der Waals surface area (Å²) in [5.41, 5.74) is -20.5. The lowest BCUT2D eigenvalue weighted by Gasteiger charge is -2.50. The minimum absolute atomic E-state index is 0.394. The Kier molecular flexibility index (Phi) is 11.9. The highest BCUT2D eigenvalue weighted by atomic mass is 79.9. The van der Waals surface area contributed by atoms with Gasteiger partial charge in [0.25, 0.3) is 0 Å². The fourth-order valence-electron chi connectivity index (χ4n) is 4.80. The van der Waals surface area contributed by atoms with Gasteiger partial charge in [0.2, 0.25) is 0 Å². The summed E-state index contributed by atoms with van der Waals surface area (Å²) in [5, 5.41) is 11.5. The van der Waals surface area contributed by atoms with Crippen LogP contribution in [0.5, 0.6) is 0 Å². The summed E-state index contributed by atoms with van der Waals surface area (Å²) in [6.45, 7) is -2.15. The molecule has 0 aliphatic carbocycles. The van der Waals surface area contributed by atoms with Crippen molar-refractivity contribution in [3.8, 4) is 0 Å². The molecule has 1 saturated heterocycles. The van der Waals surface area contributed by atoms with Crippen LogP contribution in [0.2, 0.25) is 0 Å². The number of hydrogen-bond donors (Lipinski definition) is 0. The Morgan fingerprint density at radius 1 is 0.565 bits per heavy atom. The van der Waals surface area contributed by atoms with E-state index in [1.54, 1.807) is 0 Å². The second-order valence-corrected chi connectivity index (χ2v) is 12.4. The van der Waals surface area contributed by atoms with E-state index in [0.29, 0.717) is 5.06 Å². The maximum atomic E-state index is 13.5. The van der Waals surface area contributed by atoms with Crippen molar-refractivity contribution in [3.63, 3.8) is 0 Å². The first-order chi connectivity index (χ1) is 19.9. The summed E-state index contributed by atoms with van der Waals surface area (Å²) < 4.78 is 254. The third kappa shape index (κ3) is 7.91. The Balaban J connectivity index is 3.84. The standard InChI is InChI=1S/C22H25BrF18NO4/c1-12(2)5-11(6-13(3,4)42(12)43)44-8-14(7-23,9-45-15(17(24,25)26,18(27,28)29)19(30,31)32)10-46-16(20(33,34)35,21(36,37)38)22(39,40)41/h11H,5-10H2,1-4H3. The molecule has 0 aromatic carbocycles. The van der Waals surface area contributed by atoms with Gasteiger partial charge in [0.1, 0.15) is 0 Å². The summed E-state index contributed by atoms with van der Waals surface area (Å²) >= 11 is 2.31. The van der Waals surface area contributed by atoms with Crippen molar-refractivity contribution in [3.05, 3.63) is 0 Å². The number of halogens is 19. The molecule has 0 unspecified atom stereocenters. The number of piperidine rings is 1. The average Bonchev–Trinajstić information content (AvgIpc) is 2.75. The molecule has 0 spiro atoms. The topological polar surface area (TPSA) is 50.8 Å². The number of hydroxylamine groups is 2. The summed E-state index contributed by atoms with van der Waals surface area (Å²) in [6.07, 6.45) is -46.8. The number of rotatable bonds is 10. The van der Waals surface area contributed by atoms with E-state index in [2.05, 4.69) is 25.4 Å². The smallest absolute Gasteiger partial charge is 0.377 e. The molecular weight excluding hydrogens is 764 g/mol. The van der Waals surface area contributed by atoms with Crippen LogP contribution in [0.15, 0.2) is 0 Å². The highest BCUT2D eigenvalue weighted by molar-refractivity contribution is 9.09. The van der Waals surface area contributed by atoms with Gasteiger partial charge < -0.3 is 14.2 Å². The highest BCUT2D eigenvalue weighted by Gasteiger charge is 2.87. The Labute approximate surface area is 256 Å². The minimum Gasteiger partial charge on any atom is -0.377 e. The van der Waals surface area contributed by atoms with Crippen molar-refractivity contribution in [2.45, 2.75) is 106 Å². The van der Waals surface area contributed by atoms with Crippen LogP contribution in [0.1, 0.15) is 40.5 Å². The van der Waals surface area contributed by atoms with E-state index in [1.807, 2.05) is 0 Å². The summed E-state index contributed by atoms with van der Waals surface area (Å²) in [5.74, 6) is 0. The Morgan fingerprint density at radius 3 is 1.04 bits per heavy atom. The van der Waals surface area contributed by atoms with E-state index < -0.39 is 109 Å². The molecule has 0 saturated carbocycles. The van der Waals surface area contributed by atoms with Gasteiger partial charge in [-0.3, -0.25) is 0 Å². The van der Waals surface area contributed by atoms with E-state index in [0.717, 1.165) is 0 Å². The summed E-state index contributed by atoms with van der Waals surface area (Å²) in [6, 6.07) is 0. The molecule has 46 heavy (non-hydrogen) atoms. The van der Waals surface area contributed by atoms with Crippen molar-refractivity contribution in [2.24, 2.45) is 5.41 Å². The fourth-order valence-corrected chi connectivity index (χ4v) is 5.29. The fraction of sp³-hybridized carbons (Fsp3) is 1.00. The summed E-state index contributed by atoms with van der Waals surface area (Å²) in [7, 11) is 0. The normalized spacial score (nSPS) is 20.3. The predicted molar refractivity (Wildman–Crippen MR) is 120 cm³/mol. The molecule has 1 fully saturated rings. The van der Waals surface area contributed by atoms with Crippen LogP contribution in [0, 0.1) is 5.41 Å². The third-order valence-electron chi connectivity index (χ3n) is 7.05. The van der Waals surface area contributed by atoms with Crippen LogP contribution in [0.3, 0.4) is 0 Å². The molecule has 0 bridgehead atoms. The zero-order valence-corrected chi connectivity index (χ0v) is 25.2. The molecule has 1 heterocycles. The second kappa shape index (κ2) is 12.7. The predicted octanol–water partition coefficient (Wildman–Crippen LogP) is 8.64. The lowest BCUT2D eigenvalue weighted by Crippen LogP contribution is -2.70. The van der Waals surface area contributed by atoms with Gasteiger partial charge in [-0.05, 0) is 40.5 Å². The molecule has 0 N–H and O–H groups in total. The zero-order valence-electron chi connectivity index (χ0n) is 23.6. The van der Waals surface area contributed by atoms with Gasteiger partial charge in [-0.15, -0.1) is 10.3 Å². The van der Waals surface area contributed by atoms with Crippen LogP contribution < -0.4 is 0 Å². The van der Waals surface area contributed by atoms with Crippen molar-refractivity contribution >= 4 is 15.9 Å². The lowest BCUT2D eigenvalue weighted by atomic mass is 9.80. The van der Waals surface area contributed by atoms with Crippen LogP contribution in [0.4, 0.5) is 79.0 Å². The van der Waals surface area contributed by atoms with Gasteiger partial charge in [-0.2, -0.15) is 79.0 Å². The van der Waals surface area contributed by atoms with Gasteiger partial charge in [0, 0.05) is 16.4 Å². The van der Waals surface area contributed by atoms with Crippen LogP contribution in [0.25, 0.3) is 0 Å². The number of nitrogens with zero attached hydrogens (tertiary/aromatic N) is 1. The average molecular weight is 789 g/mol. The van der Waals surface area contributed by atoms with E-state index in [-0.39, 0.29) is 0 Å². The number of ether oxygens (including phenoxy) is 3. The van der Waals surface area contributed by atoms with Crippen molar-refractivity contribution in [1.29, 1.82) is 0 Å². The molecule has 0 atom stereocenters. The molecule has 1 aliphatic rings. The molecular formula is C22H25BrF18NO4. The van der Waals surface area contributed by atoms with E-state index in [4.69, 9.17) is 4.74 Å². The maximum absolute atomic E-state index is 13.5. The second-order valence-electron chi connectivity index (χ2n) is 11.8. The van der Waals surface area contributed by atoms with E-state index in [9.17, 15) is 84.2 Å². The Morgan fingerprint density at radius 2 is 0.826 bits per heavy atom. The molecule has 0 amide bonds. The summed E-state index contributed by atoms with van der Waals surface area (Å²) in [4.78, 5) is 0. The monoisotopic (exact) mass is 788 g/mol. The van der Waals surface area contributed by atoms with Crippen molar-refractivity contribution < 1.29 is 98.4 Å². The van der Waals surface area contributed by atoms with Crippen LogP contribution in [-0.2, 0) is 19.4 Å².